The number of aryl methyl sites for hydroxylation is 2. The van der Waals surface area contributed by atoms with Gasteiger partial charge in [0.15, 0.2) is 0 Å². The minimum Gasteiger partial charge on any atom is -0.351 e. The van der Waals surface area contributed by atoms with Crippen LogP contribution in [0.15, 0.2) is 42.5 Å². The van der Waals surface area contributed by atoms with E-state index in [0.717, 1.165) is 17.2 Å². The second-order valence-corrected chi connectivity index (χ2v) is 5.76. The third-order valence-corrected chi connectivity index (χ3v) is 3.82. The number of fused-ring (bicyclic) bond motifs is 1. The Morgan fingerprint density at radius 2 is 1.79 bits per heavy atom. The molecule has 24 heavy (non-hydrogen) atoms. The Balaban J connectivity index is 1.90. The molecule has 0 radical (unpaired) electrons. The molecule has 124 valence electrons. The zero-order valence-electron chi connectivity index (χ0n) is 13.1. The summed E-state index contributed by atoms with van der Waals surface area (Å²) in [4.78, 5) is 14.7. The van der Waals surface area contributed by atoms with Crippen molar-refractivity contribution in [2.75, 3.05) is 5.32 Å². The van der Waals surface area contributed by atoms with Gasteiger partial charge in [-0.15, -0.1) is 0 Å². The van der Waals surface area contributed by atoms with Gasteiger partial charge in [0.05, 0.1) is 0 Å². The third-order valence-electron chi connectivity index (χ3n) is 3.82. The normalized spacial score (nSPS) is 11.7. The molecule has 2 aromatic carbocycles. The van der Waals surface area contributed by atoms with Crippen LogP contribution in [0.5, 0.6) is 0 Å². The van der Waals surface area contributed by atoms with Gasteiger partial charge in [-0.25, -0.2) is 0 Å². The number of carbonyl (C=O) groups excluding carboxylic acids is 1. The van der Waals surface area contributed by atoms with Crippen LogP contribution in [0, 0.1) is 13.8 Å². The Morgan fingerprint density at radius 3 is 2.50 bits per heavy atom. The number of benzene rings is 2. The zero-order valence-corrected chi connectivity index (χ0v) is 13.1. The number of nitrogens with one attached hydrogen (secondary N) is 2. The summed E-state index contributed by atoms with van der Waals surface area (Å²) < 4.78 is 38.2. The molecule has 6 heteroatoms. The SMILES string of the molecule is Cc1ccc(C)c(C(=O)Nc2ccc3[nH]c(C(F)(F)F)cc3c2)c1. The van der Waals surface area contributed by atoms with Crippen LogP contribution in [-0.2, 0) is 6.18 Å². The summed E-state index contributed by atoms with van der Waals surface area (Å²) in [6, 6.07) is 11.2. The van der Waals surface area contributed by atoms with E-state index in [9.17, 15) is 18.0 Å². The minimum atomic E-state index is -4.43. The van der Waals surface area contributed by atoms with E-state index < -0.39 is 11.9 Å². The van der Waals surface area contributed by atoms with Crippen LogP contribution in [0.4, 0.5) is 18.9 Å². The van der Waals surface area contributed by atoms with Gasteiger partial charge in [0.1, 0.15) is 5.69 Å². The summed E-state index contributed by atoms with van der Waals surface area (Å²) in [5.41, 5.74) is 2.34. The Bertz CT molecular complexity index is 926. The smallest absolute Gasteiger partial charge is 0.351 e. The molecule has 0 saturated heterocycles. The molecule has 0 atom stereocenters. The Morgan fingerprint density at radius 1 is 1.04 bits per heavy atom. The maximum Gasteiger partial charge on any atom is 0.431 e. The van der Waals surface area contributed by atoms with Crippen LogP contribution in [0.1, 0.15) is 27.2 Å². The highest BCUT2D eigenvalue weighted by Gasteiger charge is 2.32. The fraction of sp³-hybridized carbons (Fsp3) is 0.167. The molecule has 1 amide bonds. The molecule has 2 N–H and O–H groups in total. The number of anilines is 1. The monoisotopic (exact) mass is 332 g/mol. The molecular formula is C18H15F3N2O. The highest BCUT2D eigenvalue weighted by molar-refractivity contribution is 6.06. The van der Waals surface area contributed by atoms with Gasteiger partial charge in [0.2, 0.25) is 0 Å². The summed E-state index contributed by atoms with van der Waals surface area (Å²) in [5, 5.41) is 3.12. The molecular weight excluding hydrogens is 317 g/mol. The standard InChI is InChI=1S/C18H15F3N2O/c1-10-3-4-11(2)14(7-10)17(24)22-13-5-6-15-12(8-13)9-16(23-15)18(19,20)21/h3-9,23H,1-2H3,(H,22,24). The van der Waals surface area contributed by atoms with Crippen molar-refractivity contribution in [1.82, 2.24) is 4.98 Å². The molecule has 0 aliphatic rings. The lowest BCUT2D eigenvalue weighted by molar-refractivity contribution is -0.140. The van der Waals surface area contributed by atoms with Crippen molar-refractivity contribution in [3.05, 3.63) is 64.8 Å². The molecule has 0 unspecified atom stereocenters. The number of hydrogen-bond donors (Lipinski definition) is 2. The number of carbonyl (C=O) groups is 1. The van der Waals surface area contributed by atoms with Crippen LogP contribution >= 0.6 is 0 Å². The lowest BCUT2D eigenvalue weighted by Gasteiger charge is -2.08. The molecule has 0 aliphatic carbocycles. The molecule has 0 fully saturated rings. The summed E-state index contributed by atoms with van der Waals surface area (Å²) in [5.74, 6) is -0.290. The topological polar surface area (TPSA) is 44.9 Å². The molecule has 0 bridgehead atoms. The number of H-pyrrole nitrogens is 1. The van der Waals surface area contributed by atoms with Gasteiger partial charge in [0.25, 0.3) is 5.91 Å². The predicted molar refractivity (Wildman–Crippen MR) is 87.2 cm³/mol. The van der Waals surface area contributed by atoms with E-state index >= 15 is 0 Å². The summed E-state index contributed by atoms with van der Waals surface area (Å²) in [6.07, 6.45) is -4.43. The van der Waals surface area contributed by atoms with E-state index in [1.807, 2.05) is 26.0 Å². The quantitative estimate of drug-likeness (QED) is 0.677. The number of hydrogen-bond acceptors (Lipinski definition) is 1. The fourth-order valence-electron chi connectivity index (χ4n) is 2.54. The zero-order chi connectivity index (χ0) is 17.5. The first-order valence-electron chi connectivity index (χ1n) is 7.32. The van der Waals surface area contributed by atoms with E-state index in [1.165, 1.54) is 12.1 Å². The van der Waals surface area contributed by atoms with Crippen molar-refractivity contribution in [2.24, 2.45) is 0 Å². The molecule has 0 spiro atoms. The molecule has 3 aromatic rings. The van der Waals surface area contributed by atoms with Gasteiger partial charge >= 0.3 is 6.18 Å². The van der Waals surface area contributed by atoms with Gasteiger partial charge in [0, 0.05) is 22.2 Å². The van der Waals surface area contributed by atoms with Crippen LogP contribution < -0.4 is 5.32 Å². The predicted octanol–water partition coefficient (Wildman–Crippen LogP) is 5.06. The Labute approximate surface area is 136 Å². The van der Waals surface area contributed by atoms with Gasteiger partial charge in [-0.05, 0) is 49.7 Å². The van der Waals surface area contributed by atoms with E-state index in [2.05, 4.69) is 10.3 Å². The third kappa shape index (κ3) is 3.13. The van der Waals surface area contributed by atoms with Gasteiger partial charge < -0.3 is 10.3 Å². The van der Waals surface area contributed by atoms with E-state index in [1.54, 1.807) is 12.1 Å². The van der Waals surface area contributed by atoms with Crippen molar-refractivity contribution in [3.63, 3.8) is 0 Å². The van der Waals surface area contributed by atoms with Gasteiger partial charge in [-0.3, -0.25) is 4.79 Å². The maximum absolute atomic E-state index is 12.7. The molecule has 3 nitrogen and oxygen atoms in total. The van der Waals surface area contributed by atoms with E-state index in [-0.39, 0.29) is 5.91 Å². The van der Waals surface area contributed by atoms with Crippen LogP contribution in [-0.4, -0.2) is 10.9 Å². The van der Waals surface area contributed by atoms with E-state index in [0.29, 0.717) is 22.2 Å². The number of amides is 1. The Kier molecular flexibility index (Phi) is 3.83. The number of rotatable bonds is 2. The molecule has 0 aliphatic heterocycles. The first-order valence-corrected chi connectivity index (χ1v) is 7.32. The minimum absolute atomic E-state index is 0.290. The lowest BCUT2D eigenvalue weighted by atomic mass is 10.0. The summed E-state index contributed by atoms with van der Waals surface area (Å²) in [7, 11) is 0. The Hall–Kier alpha value is -2.76. The number of aromatic nitrogens is 1. The largest absolute Gasteiger partial charge is 0.431 e. The lowest BCUT2D eigenvalue weighted by Crippen LogP contribution is -2.13. The van der Waals surface area contributed by atoms with Crippen molar-refractivity contribution in [3.8, 4) is 0 Å². The second-order valence-electron chi connectivity index (χ2n) is 5.76. The fourth-order valence-corrected chi connectivity index (χ4v) is 2.54. The van der Waals surface area contributed by atoms with Crippen molar-refractivity contribution >= 4 is 22.5 Å². The summed E-state index contributed by atoms with van der Waals surface area (Å²) in [6.45, 7) is 3.72. The van der Waals surface area contributed by atoms with Crippen LogP contribution in [0.25, 0.3) is 10.9 Å². The molecule has 3 rings (SSSR count). The average molecular weight is 332 g/mol. The maximum atomic E-state index is 12.7. The van der Waals surface area contributed by atoms with Crippen LogP contribution in [0.2, 0.25) is 0 Å². The first kappa shape index (κ1) is 16.1. The molecule has 0 saturated carbocycles. The van der Waals surface area contributed by atoms with Crippen LogP contribution in [0.3, 0.4) is 0 Å². The number of alkyl halides is 3. The first-order chi connectivity index (χ1) is 11.2. The number of aromatic amines is 1. The second kappa shape index (κ2) is 5.70. The van der Waals surface area contributed by atoms with Crippen molar-refractivity contribution in [1.29, 1.82) is 0 Å². The van der Waals surface area contributed by atoms with Crippen molar-refractivity contribution in [2.45, 2.75) is 20.0 Å². The van der Waals surface area contributed by atoms with Gasteiger partial charge in [-0.1, -0.05) is 17.7 Å². The highest BCUT2D eigenvalue weighted by Crippen LogP contribution is 2.32. The van der Waals surface area contributed by atoms with Gasteiger partial charge in [-0.2, -0.15) is 13.2 Å². The average Bonchev–Trinajstić information content (AvgIpc) is 2.93. The summed E-state index contributed by atoms with van der Waals surface area (Å²) >= 11 is 0. The van der Waals surface area contributed by atoms with Crippen molar-refractivity contribution < 1.29 is 18.0 Å². The number of halogens is 3. The molecule has 1 heterocycles. The highest BCUT2D eigenvalue weighted by atomic mass is 19.4. The van der Waals surface area contributed by atoms with E-state index in [4.69, 9.17) is 0 Å². The molecule has 1 aromatic heterocycles.